The van der Waals surface area contributed by atoms with Crippen LogP contribution in [0, 0.1) is 6.92 Å². The van der Waals surface area contributed by atoms with Crippen LogP contribution in [0.2, 0.25) is 0 Å². The average Bonchev–Trinajstić information content (AvgIpc) is 2.39. The lowest BCUT2D eigenvalue weighted by atomic mass is 9.99. The van der Waals surface area contributed by atoms with E-state index in [0.29, 0.717) is 13.0 Å². The fourth-order valence-corrected chi connectivity index (χ4v) is 2.68. The van der Waals surface area contributed by atoms with Crippen molar-refractivity contribution in [3.63, 3.8) is 0 Å². The average molecular weight is 261 g/mol. The standard InChI is InChI=1S/C16H23NO2/c1-3-19-16(18)7-5-11-17-10-4-6-14-12-13(2)8-9-15(14)17/h8-9,12H,3-7,10-11H2,1-2H3. The number of hydrogen-bond acceptors (Lipinski definition) is 3. The summed E-state index contributed by atoms with van der Waals surface area (Å²) >= 11 is 0. The van der Waals surface area contributed by atoms with Crippen LogP contribution in [0.5, 0.6) is 0 Å². The summed E-state index contributed by atoms with van der Waals surface area (Å²) < 4.78 is 4.96. The normalized spacial score (nSPS) is 14.1. The molecule has 0 aromatic heterocycles. The van der Waals surface area contributed by atoms with E-state index in [9.17, 15) is 4.79 Å². The van der Waals surface area contributed by atoms with Crippen LogP contribution in [-0.4, -0.2) is 25.7 Å². The molecular weight excluding hydrogens is 238 g/mol. The molecule has 1 aromatic rings. The third kappa shape index (κ3) is 3.72. The smallest absolute Gasteiger partial charge is 0.305 e. The highest BCUT2D eigenvalue weighted by molar-refractivity contribution is 5.69. The zero-order valence-corrected chi connectivity index (χ0v) is 11.9. The zero-order chi connectivity index (χ0) is 13.7. The minimum Gasteiger partial charge on any atom is -0.466 e. The molecule has 0 atom stereocenters. The Kier molecular flexibility index (Phi) is 4.83. The van der Waals surface area contributed by atoms with Crippen LogP contribution in [0.15, 0.2) is 18.2 Å². The van der Waals surface area contributed by atoms with E-state index in [-0.39, 0.29) is 5.97 Å². The van der Waals surface area contributed by atoms with E-state index in [1.165, 1.54) is 29.7 Å². The highest BCUT2D eigenvalue weighted by atomic mass is 16.5. The SMILES string of the molecule is CCOC(=O)CCCN1CCCc2cc(C)ccc21. The Morgan fingerprint density at radius 2 is 2.26 bits per heavy atom. The van der Waals surface area contributed by atoms with Crippen molar-refractivity contribution in [2.75, 3.05) is 24.6 Å². The number of benzene rings is 1. The van der Waals surface area contributed by atoms with Gasteiger partial charge in [0, 0.05) is 25.2 Å². The lowest BCUT2D eigenvalue weighted by molar-refractivity contribution is -0.143. The Morgan fingerprint density at radius 3 is 3.05 bits per heavy atom. The number of anilines is 1. The number of nitrogens with zero attached hydrogens (tertiary/aromatic N) is 1. The number of fused-ring (bicyclic) bond motifs is 1. The summed E-state index contributed by atoms with van der Waals surface area (Å²) in [5.74, 6) is -0.0800. The first-order chi connectivity index (χ1) is 9.20. The number of esters is 1. The third-order valence-corrected chi connectivity index (χ3v) is 3.56. The number of ether oxygens (including phenoxy) is 1. The van der Waals surface area contributed by atoms with Gasteiger partial charge in [-0.25, -0.2) is 0 Å². The summed E-state index contributed by atoms with van der Waals surface area (Å²) in [5, 5.41) is 0. The van der Waals surface area contributed by atoms with Gasteiger partial charge >= 0.3 is 5.97 Å². The van der Waals surface area contributed by atoms with Crippen molar-refractivity contribution in [2.24, 2.45) is 0 Å². The molecule has 1 aliphatic rings. The van der Waals surface area contributed by atoms with Crippen LogP contribution < -0.4 is 4.90 Å². The van der Waals surface area contributed by atoms with Gasteiger partial charge in [0.2, 0.25) is 0 Å². The van der Waals surface area contributed by atoms with Gasteiger partial charge in [-0.15, -0.1) is 0 Å². The van der Waals surface area contributed by atoms with Gasteiger partial charge in [-0.1, -0.05) is 17.7 Å². The molecule has 0 amide bonds. The van der Waals surface area contributed by atoms with Crippen molar-refractivity contribution in [3.8, 4) is 0 Å². The van der Waals surface area contributed by atoms with Crippen LogP contribution in [0.25, 0.3) is 0 Å². The predicted molar refractivity (Wildman–Crippen MR) is 77.6 cm³/mol. The Labute approximate surface area is 115 Å². The van der Waals surface area contributed by atoms with E-state index in [2.05, 4.69) is 30.0 Å². The Balaban J connectivity index is 1.91. The molecule has 1 aromatic carbocycles. The summed E-state index contributed by atoms with van der Waals surface area (Å²) in [6.45, 7) is 6.50. The highest BCUT2D eigenvalue weighted by Crippen LogP contribution is 2.28. The van der Waals surface area contributed by atoms with Gasteiger partial charge < -0.3 is 9.64 Å². The molecule has 1 aliphatic heterocycles. The summed E-state index contributed by atoms with van der Waals surface area (Å²) in [7, 11) is 0. The van der Waals surface area contributed by atoms with Crippen molar-refractivity contribution in [3.05, 3.63) is 29.3 Å². The quantitative estimate of drug-likeness (QED) is 0.763. The van der Waals surface area contributed by atoms with Gasteiger partial charge in [-0.3, -0.25) is 4.79 Å². The Hall–Kier alpha value is -1.51. The minimum absolute atomic E-state index is 0.0800. The van der Waals surface area contributed by atoms with Crippen molar-refractivity contribution in [2.45, 2.75) is 39.5 Å². The molecule has 0 unspecified atom stereocenters. The van der Waals surface area contributed by atoms with Crippen LogP contribution in [-0.2, 0) is 16.0 Å². The van der Waals surface area contributed by atoms with Gasteiger partial charge in [0.25, 0.3) is 0 Å². The molecule has 0 aliphatic carbocycles. The topological polar surface area (TPSA) is 29.5 Å². The summed E-state index contributed by atoms with van der Waals surface area (Å²) in [4.78, 5) is 13.7. The Bertz CT molecular complexity index is 442. The molecular formula is C16H23NO2. The molecule has 0 saturated heterocycles. The molecule has 0 radical (unpaired) electrons. The number of rotatable bonds is 5. The molecule has 1 heterocycles. The molecule has 0 bridgehead atoms. The fraction of sp³-hybridized carbons (Fsp3) is 0.562. The van der Waals surface area contributed by atoms with Crippen LogP contribution in [0.3, 0.4) is 0 Å². The second kappa shape index (κ2) is 6.60. The maximum atomic E-state index is 11.3. The lowest BCUT2D eigenvalue weighted by Gasteiger charge is -2.31. The second-order valence-corrected chi connectivity index (χ2v) is 5.13. The molecule has 0 N–H and O–H groups in total. The molecule has 3 heteroatoms. The minimum atomic E-state index is -0.0800. The van der Waals surface area contributed by atoms with Crippen molar-refractivity contribution >= 4 is 11.7 Å². The highest BCUT2D eigenvalue weighted by Gasteiger charge is 2.16. The maximum Gasteiger partial charge on any atom is 0.305 e. The molecule has 0 spiro atoms. The molecule has 0 saturated carbocycles. The van der Waals surface area contributed by atoms with Crippen molar-refractivity contribution < 1.29 is 9.53 Å². The molecule has 3 nitrogen and oxygen atoms in total. The number of carbonyl (C=O) groups excluding carboxylic acids is 1. The zero-order valence-electron chi connectivity index (χ0n) is 11.9. The molecule has 104 valence electrons. The largest absolute Gasteiger partial charge is 0.466 e. The van der Waals surface area contributed by atoms with Gasteiger partial charge in [-0.05, 0) is 44.7 Å². The molecule has 19 heavy (non-hydrogen) atoms. The van der Waals surface area contributed by atoms with E-state index >= 15 is 0 Å². The monoisotopic (exact) mass is 261 g/mol. The summed E-state index contributed by atoms with van der Waals surface area (Å²) in [5.41, 5.74) is 4.12. The van der Waals surface area contributed by atoms with E-state index in [1.807, 2.05) is 6.92 Å². The van der Waals surface area contributed by atoms with Crippen LogP contribution in [0.4, 0.5) is 5.69 Å². The maximum absolute atomic E-state index is 11.3. The predicted octanol–water partition coefficient (Wildman–Crippen LogP) is 3.09. The molecule has 2 rings (SSSR count). The van der Waals surface area contributed by atoms with E-state index < -0.39 is 0 Å². The van der Waals surface area contributed by atoms with E-state index in [4.69, 9.17) is 4.74 Å². The number of hydrogen-bond donors (Lipinski definition) is 0. The first-order valence-electron chi connectivity index (χ1n) is 7.21. The fourth-order valence-electron chi connectivity index (χ4n) is 2.68. The van der Waals surface area contributed by atoms with Crippen molar-refractivity contribution in [1.29, 1.82) is 0 Å². The third-order valence-electron chi connectivity index (χ3n) is 3.56. The van der Waals surface area contributed by atoms with Gasteiger partial charge in [-0.2, -0.15) is 0 Å². The van der Waals surface area contributed by atoms with Gasteiger partial charge in [0.15, 0.2) is 0 Å². The lowest BCUT2D eigenvalue weighted by Crippen LogP contribution is -2.30. The molecule has 0 fully saturated rings. The second-order valence-electron chi connectivity index (χ2n) is 5.13. The summed E-state index contributed by atoms with van der Waals surface area (Å²) in [6.07, 6.45) is 3.76. The van der Waals surface area contributed by atoms with E-state index in [1.54, 1.807) is 0 Å². The van der Waals surface area contributed by atoms with E-state index in [0.717, 1.165) is 19.5 Å². The summed E-state index contributed by atoms with van der Waals surface area (Å²) in [6, 6.07) is 6.67. The van der Waals surface area contributed by atoms with Crippen LogP contribution in [0.1, 0.15) is 37.3 Å². The van der Waals surface area contributed by atoms with Gasteiger partial charge in [0.1, 0.15) is 0 Å². The Morgan fingerprint density at radius 1 is 1.42 bits per heavy atom. The first kappa shape index (κ1) is 13.9. The number of aryl methyl sites for hydroxylation is 2. The van der Waals surface area contributed by atoms with Crippen molar-refractivity contribution in [1.82, 2.24) is 0 Å². The van der Waals surface area contributed by atoms with Gasteiger partial charge in [0.05, 0.1) is 6.61 Å². The number of carbonyl (C=O) groups is 1. The van der Waals surface area contributed by atoms with Crippen LogP contribution >= 0.6 is 0 Å². The first-order valence-corrected chi connectivity index (χ1v) is 7.21.